The van der Waals surface area contributed by atoms with Crippen LogP contribution in [-0.2, 0) is 13.5 Å². The summed E-state index contributed by atoms with van der Waals surface area (Å²) < 4.78 is 20.4. The lowest BCUT2D eigenvalue weighted by atomic mass is 10.2. The van der Waals surface area contributed by atoms with Gasteiger partial charge >= 0.3 is 6.09 Å². The van der Waals surface area contributed by atoms with Crippen molar-refractivity contribution in [2.45, 2.75) is 26.2 Å². The van der Waals surface area contributed by atoms with Crippen LogP contribution in [0, 0.1) is 0 Å². The van der Waals surface area contributed by atoms with Gasteiger partial charge in [-0.1, -0.05) is 13.3 Å². The molecule has 0 aliphatic carbocycles. The topological polar surface area (TPSA) is 76.4 Å². The second-order valence-corrected chi connectivity index (χ2v) is 5.56. The van der Waals surface area contributed by atoms with Crippen molar-refractivity contribution in [3.8, 4) is 5.75 Å². The Balaban J connectivity index is 2.06. The summed E-state index contributed by atoms with van der Waals surface area (Å²) in [6.45, 7) is 2.00. The Morgan fingerprint density at radius 3 is 2.96 bits per heavy atom. The number of carbonyl (C=O) groups is 1. The summed E-state index contributed by atoms with van der Waals surface area (Å²) in [5.41, 5.74) is 2.06. The van der Waals surface area contributed by atoms with E-state index in [2.05, 4.69) is 21.8 Å². The highest BCUT2D eigenvalue weighted by atomic mass is 19.1. The number of halogens is 1. The number of aromatic nitrogens is 2. The van der Waals surface area contributed by atoms with Gasteiger partial charge in [0.15, 0.2) is 0 Å². The Hall–Kier alpha value is -2.57. The number of aryl methyl sites for hydroxylation is 2. The molecule has 1 amide bonds. The lowest BCUT2D eigenvalue weighted by molar-refractivity contribution is 0.195. The molecule has 24 heavy (non-hydrogen) atoms. The number of fused-ring (bicyclic) bond motifs is 1. The first-order valence-electron chi connectivity index (χ1n) is 7.88. The predicted molar refractivity (Wildman–Crippen MR) is 90.0 cm³/mol. The highest BCUT2D eigenvalue weighted by molar-refractivity contribution is 5.77. The largest absolute Gasteiger partial charge is 0.489 e. The lowest BCUT2D eigenvalue weighted by Crippen LogP contribution is -2.25. The van der Waals surface area contributed by atoms with Crippen LogP contribution in [0.1, 0.15) is 25.6 Å². The van der Waals surface area contributed by atoms with E-state index >= 15 is 0 Å². The van der Waals surface area contributed by atoms with E-state index in [1.165, 1.54) is 0 Å². The van der Waals surface area contributed by atoms with Gasteiger partial charge in [-0.25, -0.2) is 14.2 Å². The van der Waals surface area contributed by atoms with Gasteiger partial charge in [0.25, 0.3) is 0 Å². The number of amides is 1. The molecule has 0 bridgehead atoms. The maximum absolute atomic E-state index is 12.7. The summed E-state index contributed by atoms with van der Waals surface area (Å²) in [5, 5.41) is 10.6. The maximum Gasteiger partial charge on any atom is 0.404 e. The number of hydrogen-bond acceptors (Lipinski definition) is 3. The molecule has 0 saturated heterocycles. The van der Waals surface area contributed by atoms with Gasteiger partial charge in [0, 0.05) is 31.7 Å². The molecule has 6 nitrogen and oxygen atoms in total. The van der Waals surface area contributed by atoms with Crippen molar-refractivity contribution in [1.82, 2.24) is 14.9 Å². The van der Waals surface area contributed by atoms with Gasteiger partial charge in [-0.3, -0.25) is 0 Å². The zero-order valence-corrected chi connectivity index (χ0v) is 13.9. The Morgan fingerprint density at radius 1 is 1.50 bits per heavy atom. The summed E-state index contributed by atoms with van der Waals surface area (Å²) in [6.07, 6.45) is 2.28. The van der Waals surface area contributed by atoms with Crippen molar-refractivity contribution in [2.24, 2.45) is 7.05 Å². The summed E-state index contributed by atoms with van der Waals surface area (Å²) in [4.78, 5) is 15.1. The zero-order chi connectivity index (χ0) is 17.5. The Bertz CT molecular complexity index is 740. The minimum absolute atomic E-state index is 0.0299. The fourth-order valence-electron chi connectivity index (χ4n) is 2.36. The van der Waals surface area contributed by atoms with Crippen LogP contribution in [0.4, 0.5) is 9.18 Å². The number of unbranched alkanes of at least 4 members (excludes halogenated alkanes) is 1. The number of nitrogens with zero attached hydrogens (tertiary/aromatic N) is 2. The minimum Gasteiger partial charge on any atom is -0.489 e. The third kappa shape index (κ3) is 4.47. The van der Waals surface area contributed by atoms with Crippen LogP contribution >= 0.6 is 0 Å². The van der Waals surface area contributed by atoms with E-state index in [9.17, 15) is 9.18 Å². The molecule has 0 aliphatic heterocycles. The number of ether oxygens (including phenoxy) is 1. The van der Waals surface area contributed by atoms with Gasteiger partial charge in [-0.2, -0.15) is 0 Å². The molecule has 2 aromatic rings. The molecule has 1 aromatic heterocycles. The molecular weight excluding hydrogens is 313 g/mol. The first-order chi connectivity index (χ1) is 11.5. The smallest absolute Gasteiger partial charge is 0.404 e. The predicted octanol–water partition coefficient (Wildman–Crippen LogP) is 3.42. The first kappa shape index (κ1) is 17.8. The van der Waals surface area contributed by atoms with E-state index in [1.54, 1.807) is 6.07 Å². The fraction of sp³-hybridized carbons (Fsp3) is 0.412. The third-order valence-electron chi connectivity index (χ3n) is 3.74. The average molecular weight is 335 g/mol. The number of nitrogens with one attached hydrogen (secondary N) is 1. The van der Waals surface area contributed by atoms with E-state index < -0.39 is 6.09 Å². The van der Waals surface area contributed by atoms with Crippen molar-refractivity contribution in [3.63, 3.8) is 0 Å². The average Bonchev–Trinajstić information content (AvgIpc) is 2.88. The van der Waals surface area contributed by atoms with E-state index in [1.807, 2.05) is 19.2 Å². The van der Waals surface area contributed by atoms with Crippen molar-refractivity contribution < 1.29 is 19.0 Å². The van der Waals surface area contributed by atoms with E-state index in [0.29, 0.717) is 12.1 Å². The molecule has 1 heterocycles. The van der Waals surface area contributed by atoms with Crippen molar-refractivity contribution in [1.29, 1.82) is 0 Å². The number of rotatable bonds is 8. The van der Waals surface area contributed by atoms with Gasteiger partial charge in [-0.15, -0.1) is 0 Å². The molecular formula is C17H22FN3O3. The van der Waals surface area contributed by atoms with Gasteiger partial charge in [-0.05, 0) is 18.6 Å². The highest BCUT2D eigenvalue weighted by Crippen LogP contribution is 2.22. The molecule has 0 aliphatic rings. The number of benzene rings is 1. The van der Waals surface area contributed by atoms with Gasteiger partial charge in [0.1, 0.15) is 18.2 Å². The molecule has 0 saturated carbocycles. The number of imidazole rings is 1. The molecule has 2 N–H and O–H groups in total. The van der Waals surface area contributed by atoms with Crippen LogP contribution in [0.2, 0.25) is 0 Å². The maximum atomic E-state index is 12.7. The molecule has 0 atom stereocenters. The summed E-state index contributed by atoms with van der Waals surface area (Å²) in [5.74, 6) is 1.59. The molecule has 130 valence electrons. The van der Waals surface area contributed by atoms with E-state index in [4.69, 9.17) is 9.84 Å². The minimum atomic E-state index is -1.20. The Kier molecular flexibility index (Phi) is 6.17. The quantitative estimate of drug-likeness (QED) is 0.775. The third-order valence-corrected chi connectivity index (χ3v) is 3.74. The standard InChI is InChI=1S/C17H22FN3O3/c1-3-4-5-16-20-14-8-13(6-7-15(14)21(16)2)24-11-12(9-18)10-19-17(22)23/h6-9,19H,3-5,10-11H2,1-2H3,(H,22,23). The number of carboxylic acid groups (broad SMARTS) is 1. The molecule has 7 heteroatoms. The monoisotopic (exact) mass is 335 g/mol. The van der Waals surface area contributed by atoms with Crippen molar-refractivity contribution in [2.75, 3.05) is 13.2 Å². The van der Waals surface area contributed by atoms with E-state index in [-0.39, 0.29) is 18.7 Å². The molecule has 0 fully saturated rings. The highest BCUT2D eigenvalue weighted by Gasteiger charge is 2.09. The van der Waals surface area contributed by atoms with Crippen LogP contribution in [0.15, 0.2) is 30.1 Å². The van der Waals surface area contributed by atoms with Gasteiger partial charge in [0.2, 0.25) is 0 Å². The summed E-state index contributed by atoms with van der Waals surface area (Å²) in [6, 6.07) is 5.53. The molecule has 0 spiro atoms. The zero-order valence-electron chi connectivity index (χ0n) is 13.9. The van der Waals surface area contributed by atoms with Crippen LogP contribution in [0.3, 0.4) is 0 Å². The SMILES string of the molecule is CCCCc1nc2cc(OCC(=CF)CNC(=O)O)ccc2n1C. The van der Waals surface area contributed by atoms with Crippen LogP contribution < -0.4 is 10.1 Å². The second kappa shape index (κ2) is 8.33. The summed E-state index contributed by atoms with van der Waals surface area (Å²) in [7, 11) is 1.99. The van der Waals surface area contributed by atoms with Crippen LogP contribution in [-0.4, -0.2) is 33.9 Å². The lowest BCUT2D eigenvalue weighted by Gasteiger charge is -2.09. The van der Waals surface area contributed by atoms with Gasteiger partial charge < -0.3 is 19.7 Å². The Labute approximate surface area is 139 Å². The first-order valence-corrected chi connectivity index (χ1v) is 7.88. The van der Waals surface area contributed by atoms with Gasteiger partial charge in [0.05, 0.1) is 17.4 Å². The van der Waals surface area contributed by atoms with Crippen molar-refractivity contribution >= 4 is 17.1 Å². The molecule has 1 aromatic carbocycles. The van der Waals surface area contributed by atoms with Crippen LogP contribution in [0.25, 0.3) is 11.0 Å². The molecule has 0 radical (unpaired) electrons. The fourth-order valence-corrected chi connectivity index (χ4v) is 2.36. The Morgan fingerprint density at radius 2 is 2.29 bits per heavy atom. The molecule has 2 rings (SSSR count). The number of hydrogen-bond donors (Lipinski definition) is 2. The second-order valence-electron chi connectivity index (χ2n) is 5.56. The normalized spacial score (nSPS) is 11.7. The van der Waals surface area contributed by atoms with Crippen molar-refractivity contribution in [3.05, 3.63) is 35.9 Å². The van der Waals surface area contributed by atoms with Crippen LogP contribution in [0.5, 0.6) is 5.75 Å². The summed E-state index contributed by atoms with van der Waals surface area (Å²) >= 11 is 0. The van der Waals surface area contributed by atoms with E-state index in [0.717, 1.165) is 36.1 Å². The molecule has 0 unspecified atom stereocenters.